The number of aryl methyl sites for hydroxylation is 1. The molecule has 0 spiro atoms. The smallest absolute Gasteiger partial charge is 0.262 e. The maximum atomic E-state index is 12.9. The lowest BCUT2D eigenvalue weighted by Crippen LogP contribution is -2.54. The molecular formula is C15H21ClN4O3. The first-order valence-corrected chi connectivity index (χ1v) is 7.33. The predicted molar refractivity (Wildman–Crippen MR) is 88.9 cm³/mol. The summed E-state index contributed by atoms with van der Waals surface area (Å²) in [6.45, 7) is 6.90. The largest absolute Gasteiger partial charge is 0.442 e. The number of H-pyrrole nitrogens is 1. The minimum absolute atomic E-state index is 0. The second kappa shape index (κ2) is 5.98. The highest BCUT2D eigenvalue weighted by atomic mass is 35.5. The molecule has 0 aliphatic carbocycles. The Balaban J connectivity index is 0.00000192. The van der Waals surface area contributed by atoms with Crippen LogP contribution in [-0.2, 0) is 0 Å². The van der Waals surface area contributed by atoms with Crippen molar-refractivity contribution in [2.24, 2.45) is 11.1 Å². The average Bonchev–Trinajstić information content (AvgIpc) is 2.78. The zero-order chi connectivity index (χ0) is 16.1. The zero-order valence-electron chi connectivity index (χ0n) is 13.4. The summed E-state index contributed by atoms with van der Waals surface area (Å²) in [6, 6.07) is 0.0591. The average molecular weight is 341 g/mol. The summed E-state index contributed by atoms with van der Waals surface area (Å²) in [5.74, 6) is 0.214. The lowest BCUT2D eigenvalue weighted by atomic mass is 9.79. The summed E-state index contributed by atoms with van der Waals surface area (Å²) in [6.07, 6.45) is 2.01. The van der Waals surface area contributed by atoms with Crippen LogP contribution in [0, 0.1) is 12.3 Å². The van der Waals surface area contributed by atoms with E-state index in [1.165, 1.54) is 6.33 Å². The molecule has 3 heterocycles. The number of nitrogens with one attached hydrogen (secondary N) is 1. The van der Waals surface area contributed by atoms with E-state index in [-0.39, 0.29) is 46.4 Å². The molecule has 0 saturated carbocycles. The van der Waals surface area contributed by atoms with Crippen LogP contribution < -0.4 is 11.3 Å². The summed E-state index contributed by atoms with van der Waals surface area (Å²) in [5.41, 5.74) is 6.09. The van der Waals surface area contributed by atoms with E-state index < -0.39 is 0 Å². The summed E-state index contributed by atoms with van der Waals surface area (Å²) in [4.78, 5) is 33.1. The first-order chi connectivity index (χ1) is 10.3. The molecule has 1 saturated heterocycles. The Morgan fingerprint density at radius 3 is 2.87 bits per heavy atom. The van der Waals surface area contributed by atoms with Gasteiger partial charge in [0.25, 0.3) is 11.5 Å². The van der Waals surface area contributed by atoms with Crippen molar-refractivity contribution in [2.75, 3.05) is 13.1 Å². The molecule has 1 aliphatic rings. The van der Waals surface area contributed by atoms with Crippen molar-refractivity contribution in [1.82, 2.24) is 14.9 Å². The van der Waals surface area contributed by atoms with Gasteiger partial charge in [-0.3, -0.25) is 9.59 Å². The lowest BCUT2D eigenvalue weighted by molar-refractivity contribution is 0.0533. The van der Waals surface area contributed by atoms with Crippen LogP contribution >= 0.6 is 12.4 Å². The number of hydrogen-bond acceptors (Lipinski definition) is 5. The lowest BCUT2D eigenvalue weighted by Gasteiger charge is -2.42. The van der Waals surface area contributed by atoms with Crippen LogP contribution in [0.25, 0.3) is 11.1 Å². The van der Waals surface area contributed by atoms with Gasteiger partial charge in [0, 0.05) is 19.1 Å². The number of carbonyl (C=O) groups excluding carboxylic acids is 1. The Labute approximate surface area is 139 Å². The molecule has 0 bridgehead atoms. The van der Waals surface area contributed by atoms with Crippen molar-refractivity contribution in [3.05, 3.63) is 28.0 Å². The van der Waals surface area contributed by atoms with Gasteiger partial charge in [-0.05, 0) is 18.8 Å². The summed E-state index contributed by atoms with van der Waals surface area (Å²) < 4.78 is 5.46. The first kappa shape index (κ1) is 17.5. The molecule has 8 heteroatoms. The summed E-state index contributed by atoms with van der Waals surface area (Å²) >= 11 is 0. The highest BCUT2D eigenvalue weighted by Crippen LogP contribution is 2.30. The van der Waals surface area contributed by atoms with Gasteiger partial charge in [-0.1, -0.05) is 13.8 Å². The van der Waals surface area contributed by atoms with Gasteiger partial charge < -0.3 is 20.0 Å². The van der Waals surface area contributed by atoms with Gasteiger partial charge in [0.1, 0.15) is 11.1 Å². The molecule has 126 valence electrons. The van der Waals surface area contributed by atoms with E-state index in [2.05, 4.69) is 9.97 Å². The number of nitrogens with two attached hydrogens (primary N) is 1. The standard InChI is InChI=1S/C15H20N4O3.ClH/c1-8-10(11-12(20)17-7-18-13(11)22-8)14(21)19-5-4-9(16)15(2,3)6-19;/h7,9H,4-6,16H2,1-3H3,(H,17,18,20);1H. The molecule has 0 radical (unpaired) electrons. The number of nitrogens with zero attached hydrogens (tertiary/aromatic N) is 2. The normalized spacial score (nSPS) is 20.3. The van der Waals surface area contributed by atoms with Gasteiger partial charge in [-0.15, -0.1) is 12.4 Å². The molecule has 1 fully saturated rings. The summed E-state index contributed by atoms with van der Waals surface area (Å²) in [5, 5.41) is 0.220. The van der Waals surface area contributed by atoms with Crippen LogP contribution in [0.2, 0.25) is 0 Å². The number of fused-ring (bicyclic) bond motifs is 1. The van der Waals surface area contributed by atoms with Crippen molar-refractivity contribution >= 4 is 29.4 Å². The van der Waals surface area contributed by atoms with E-state index in [1.807, 2.05) is 13.8 Å². The number of aromatic amines is 1. The maximum absolute atomic E-state index is 12.9. The van der Waals surface area contributed by atoms with Crippen LogP contribution in [0.5, 0.6) is 0 Å². The Morgan fingerprint density at radius 2 is 2.22 bits per heavy atom. The SMILES string of the molecule is Cc1oc2nc[nH]c(=O)c2c1C(=O)N1CCC(N)C(C)(C)C1.Cl. The molecule has 1 unspecified atom stereocenters. The topological polar surface area (TPSA) is 105 Å². The van der Waals surface area contributed by atoms with Gasteiger partial charge in [0.15, 0.2) is 0 Å². The number of likely N-dealkylation sites (tertiary alicyclic amines) is 1. The van der Waals surface area contributed by atoms with Crippen LogP contribution in [-0.4, -0.2) is 39.9 Å². The Morgan fingerprint density at radius 1 is 1.52 bits per heavy atom. The number of aromatic nitrogens is 2. The van der Waals surface area contributed by atoms with Gasteiger partial charge >= 0.3 is 0 Å². The number of carbonyl (C=O) groups is 1. The third kappa shape index (κ3) is 2.86. The summed E-state index contributed by atoms with van der Waals surface area (Å²) in [7, 11) is 0. The third-order valence-electron chi connectivity index (χ3n) is 4.48. The van der Waals surface area contributed by atoms with Crippen LogP contribution in [0.15, 0.2) is 15.5 Å². The molecule has 1 aliphatic heterocycles. The van der Waals surface area contributed by atoms with E-state index in [9.17, 15) is 9.59 Å². The van der Waals surface area contributed by atoms with Crippen molar-refractivity contribution < 1.29 is 9.21 Å². The molecule has 0 aromatic carbocycles. The van der Waals surface area contributed by atoms with Crippen molar-refractivity contribution in [1.29, 1.82) is 0 Å². The number of rotatable bonds is 1. The second-order valence-electron chi connectivity index (χ2n) is 6.56. The molecule has 1 amide bonds. The Bertz CT molecular complexity index is 796. The fourth-order valence-electron chi connectivity index (χ4n) is 3.02. The number of furan rings is 1. The Hall–Kier alpha value is -1.86. The minimum Gasteiger partial charge on any atom is -0.442 e. The van der Waals surface area contributed by atoms with Crippen LogP contribution in [0.4, 0.5) is 0 Å². The van der Waals surface area contributed by atoms with E-state index in [4.69, 9.17) is 10.2 Å². The third-order valence-corrected chi connectivity index (χ3v) is 4.48. The van der Waals surface area contributed by atoms with Gasteiger partial charge in [-0.25, -0.2) is 4.98 Å². The zero-order valence-corrected chi connectivity index (χ0v) is 14.2. The van der Waals surface area contributed by atoms with Crippen molar-refractivity contribution in [3.8, 4) is 0 Å². The van der Waals surface area contributed by atoms with E-state index in [0.29, 0.717) is 24.4 Å². The molecule has 7 nitrogen and oxygen atoms in total. The molecular weight excluding hydrogens is 320 g/mol. The van der Waals surface area contributed by atoms with Gasteiger partial charge in [-0.2, -0.15) is 0 Å². The molecule has 1 atom stereocenters. The highest BCUT2D eigenvalue weighted by molar-refractivity contribution is 6.06. The molecule has 2 aromatic heterocycles. The van der Waals surface area contributed by atoms with Crippen molar-refractivity contribution in [2.45, 2.75) is 33.2 Å². The van der Waals surface area contributed by atoms with Crippen LogP contribution in [0.1, 0.15) is 36.4 Å². The fourth-order valence-corrected chi connectivity index (χ4v) is 3.02. The highest BCUT2D eigenvalue weighted by Gasteiger charge is 2.37. The number of halogens is 1. The molecule has 2 aromatic rings. The van der Waals surface area contributed by atoms with Crippen LogP contribution in [0.3, 0.4) is 0 Å². The van der Waals surface area contributed by atoms with Gasteiger partial charge in [0.05, 0.1) is 11.9 Å². The van der Waals surface area contributed by atoms with E-state index >= 15 is 0 Å². The molecule has 23 heavy (non-hydrogen) atoms. The van der Waals surface area contributed by atoms with Crippen molar-refractivity contribution in [3.63, 3.8) is 0 Å². The number of piperidine rings is 1. The second-order valence-corrected chi connectivity index (χ2v) is 6.56. The maximum Gasteiger partial charge on any atom is 0.262 e. The van der Waals surface area contributed by atoms with Gasteiger partial charge in [0.2, 0.25) is 5.71 Å². The van der Waals surface area contributed by atoms with E-state index in [0.717, 1.165) is 6.42 Å². The predicted octanol–water partition coefficient (Wildman–Crippen LogP) is 1.45. The Kier molecular flexibility index (Phi) is 4.54. The number of hydrogen-bond donors (Lipinski definition) is 2. The minimum atomic E-state index is -0.363. The fraction of sp³-hybridized carbons (Fsp3) is 0.533. The monoisotopic (exact) mass is 340 g/mol. The first-order valence-electron chi connectivity index (χ1n) is 7.33. The molecule has 3 N–H and O–H groups in total. The molecule has 3 rings (SSSR count). The number of amides is 1. The quantitative estimate of drug-likeness (QED) is 0.817. The van der Waals surface area contributed by atoms with E-state index in [1.54, 1.807) is 11.8 Å².